The maximum Gasteiger partial charge on any atom is 0.233 e. The van der Waals surface area contributed by atoms with Crippen LogP contribution in [0, 0.1) is 23.7 Å². The van der Waals surface area contributed by atoms with Crippen LogP contribution >= 0.6 is 0 Å². The topological polar surface area (TPSA) is 143 Å². The number of sulfone groups is 2. The van der Waals surface area contributed by atoms with Gasteiger partial charge in [0.05, 0.1) is 33.5 Å². The van der Waals surface area contributed by atoms with Crippen LogP contribution in [0.4, 0.5) is 0 Å². The van der Waals surface area contributed by atoms with Crippen molar-refractivity contribution in [3.8, 4) is 0 Å². The highest BCUT2D eigenvalue weighted by molar-refractivity contribution is 8.10. The van der Waals surface area contributed by atoms with Gasteiger partial charge < -0.3 is 0 Å². The molecule has 4 amide bonds. The molecule has 2 heterocycles. The lowest BCUT2D eigenvalue weighted by atomic mass is 9.75. The molecule has 2 aromatic carbocycles. The van der Waals surface area contributed by atoms with Gasteiger partial charge in [-0.1, -0.05) is 59.2 Å². The Morgan fingerprint density at radius 2 is 1.07 bits per heavy atom. The van der Waals surface area contributed by atoms with E-state index < -0.39 is 60.3 Å². The molecule has 0 bridgehead atoms. The molecule has 2 aliphatic heterocycles. The third-order valence-corrected chi connectivity index (χ3v) is 16.0. The van der Waals surface area contributed by atoms with Gasteiger partial charge in [0.25, 0.3) is 0 Å². The number of fused-ring (bicyclic) bond motifs is 2. The molecule has 242 valence electrons. The molecule has 0 N–H and O–H groups in total. The molecule has 2 aromatic rings. The van der Waals surface area contributed by atoms with E-state index in [4.69, 9.17) is 0 Å². The fourth-order valence-electron chi connectivity index (χ4n) is 7.68. The number of carbonyl (C=O) groups excluding carboxylic acids is 4. The zero-order valence-electron chi connectivity index (χ0n) is 25.9. The van der Waals surface area contributed by atoms with Crippen molar-refractivity contribution in [3.63, 3.8) is 0 Å². The highest BCUT2D eigenvalue weighted by Crippen LogP contribution is 2.51. The predicted molar refractivity (Wildman–Crippen MR) is 168 cm³/mol. The molecular formula is C34H36N2O8S2. The monoisotopic (exact) mass is 664 g/mol. The minimum absolute atomic E-state index is 0.0520. The molecule has 2 fully saturated rings. The largest absolute Gasteiger partial charge is 0.285 e. The van der Waals surface area contributed by atoms with Crippen molar-refractivity contribution < 1.29 is 36.0 Å². The maximum atomic E-state index is 15.0. The molecule has 4 aliphatic rings. The summed E-state index contributed by atoms with van der Waals surface area (Å²) in [7, 11) is -6.54. The summed E-state index contributed by atoms with van der Waals surface area (Å²) < 4.78 is 57.7. The Bertz CT molecular complexity index is 1850. The maximum absolute atomic E-state index is 15.0. The Morgan fingerprint density at radius 3 is 1.57 bits per heavy atom. The van der Waals surface area contributed by atoms with Crippen LogP contribution in [0.2, 0.25) is 0 Å². The second-order valence-electron chi connectivity index (χ2n) is 12.9. The Labute approximate surface area is 269 Å². The highest BCUT2D eigenvalue weighted by atomic mass is 32.3. The SMILES string of the molecule is CC1=C(CC(CC2=CC[C@@H]3C(=O)N(C)C(=O)[C@@H]3C2)(S(=O)(=O)c2ccccc2)S(=O)(=O)c2ccccc2)C[C@@H]2C(=O)N(C)C(=O)[C@@H]2C1. The zero-order chi connectivity index (χ0) is 33.2. The van der Waals surface area contributed by atoms with Crippen molar-refractivity contribution in [3.05, 3.63) is 83.5 Å². The van der Waals surface area contributed by atoms with E-state index in [0.717, 1.165) is 9.80 Å². The Balaban J connectivity index is 1.54. The smallest absolute Gasteiger partial charge is 0.233 e. The molecule has 6 rings (SSSR count). The summed E-state index contributed by atoms with van der Waals surface area (Å²) in [6.45, 7) is 1.76. The average molecular weight is 665 g/mol. The van der Waals surface area contributed by atoms with Crippen molar-refractivity contribution in [2.75, 3.05) is 14.1 Å². The molecule has 0 saturated carbocycles. The minimum Gasteiger partial charge on any atom is -0.285 e. The average Bonchev–Trinajstić information content (AvgIpc) is 3.39. The Morgan fingerprint density at radius 1 is 0.630 bits per heavy atom. The molecule has 46 heavy (non-hydrogen) atoms. The molecule has 2 saturated heterocycles. The summed E-state index contributed by atoms with van der Waals surface area (Å²) in [4.78, 5) is 53.5. The molecule has 2 aliphatic carbocycles. The van der Waals surface area contributed by atoms with Crippen LogP contribution in [-0.4, -0.2) is 68.4 Å². The molecule has 0 unspecified atom stereocenters. The number of likely N-dealkylation sites (tertiary alicyclic amines) is 2. The first-order valence-electron chi connectivity index (χ1n) is 15.3. The van der Waals surface area contributed by atoms with Gasteiger partial charge in [0.2, 0.25) is 23.6 Å². The first-order valence-corrected chi connectivity index (χ1v) is 18.3. The van der Waals surface area contributed by atoms with Crippen molar-refractivity contribution in [2.24, 2.45) is 23.7 Å². The van der Waals surface area contributed by atoms with E-state index in [0.29, 0.717) is 16.7 Å². The van der Waals surface area contributed by atoms with Crippen molar-refractivity contribution >= 4 is 43.3 Å². The first kappa shape index (κ1) is 32.1. The van der Waals surface area contributed by atoms with Crippen molar-refractivity contribution in [1.82, 2.24) is 9.80 Å². The van der Waals surface area contributed by atoms with Crippen LogP contribution in [0.25, 0.3) is 0 Å². The fourth-order valence-corrected chi connectivity index (χ4v) is 12.8. The number of rotatable bonds is 8. The van der Waals surface area contributed by atoms with Gasteiger partial charge in [0.1, 0.15) is 0 Å². The summed E-state index contributed by atoms with van der Waals surface area (Å²) in [5.41, 5.74) is 1.66. The summed E-state index contributed by atoms with van der Waals surface area (Å²) in [5.74, 6) is -3.89. The molecule has 12 heteroatoms. The number of nitrogens with zero attached hydrogens (tertiary/aromatic N) is 2. The third kappa shape index (κ3) is 4.79. The van der Waals surface area contributed by atoms with Gasteiger partial charge in [0.15, 0.2) is 23.8 Å². The number of carbonyl (C=O) groups is 4. The van der Waals surface area contributed by atoms with E-state index in [9.17, 15) is 19.2 Å². The normalized spacial score (nSPS) is 25.6. The second kappa shape index (κ2) is 11.4. The van der Waals surface area contributed by atoms with E-state index >= 15 is 16.8 Å². The summed E-state index contributed by atoms with van der Waals surface area (Å²) in [6, 6.07) is 14.9. The van der Waals surface area contributed by atoms with Crippen LogP contribution < -0.4 is 0 Å². The van der Waals surface area contributed by atoms with Crippen molar-refractivity contribution in [2.45, 2.75) is 59.3 Å². The predicted octanol–water partition coefficient (Wildman–Crippen LogP) is 3.70. The number of benzene rings is 2. The summed E-state index contributed by atoms with van der Waals surface area (Å²) in [5, 5.41) is 0. The van der Waals surface area contributed by atoms with E-state index in [1.54, 1.807) is 25.1 Å². The van der Waals surface area contributed by atoms with Crippen LogP contribution in [-0.2, 0) is 38.9 Å². The van der Waals surface area contributed by atoms with E-state index in [-0.39, 0.29) is 59.1 Å². The quantitative estimate of drug-likeness (QED) is 0.307. The number of hydrogen-bond donors (Lipinski definition) is 0. The van der Waals surface area contributed by atoms with Crippen LogP contribution in [0.15, 0.2) is 93.2 Å². The Kier molecular flexibility index (Phi) is 7.95. The molecule has 4 atom stereocenters. The number of hydrogen-bond acceptors (Lipinski definition) is 8. The fraction of sp³-hybridized carbons (Fsp3) is 0.412. The minimum atomic E-state index is -4.69. The van der Waals surface area contributed by atoms with Gasteiger partial charge >= 0.3 is 0 Å². The number of allylic oxidation sites excluding steroid dienone is 4. The van der Waals surface area contributed by atoms with Crippen molar-refractivity contribution in [1.29, 1.82) is 0 Å². The second-order valence-corrected chi connectivity index (χ2v) is 17.7. The standard InChI is InChI=1S/C34H36N2O8S2/c1-21-16-27-29(33(40)36(3)31(27)38)18-23(21)20-34(45(41,42)24-10-6-4-7-11-24,46(43,44)25-12-8-5-9-13-25)19-22-14-15-26-28(17-22)32(39)35(2)30(26)37/h4-14,26-29H,15-20H2,1-3H3/t26-,27+,28+,29-/m0/s1. The number of amides is 4. The van der Waals surface area contributed by atoms with Crippen LogP contribution in [0.1, 0.15) is 45.4 Å². The molecule has 10 nitrogen and oxygen atoms in total. The first-order chi connectivity index (χ1) is 21.7. The van der Waals surface area contributed by atoms with E-state index in [2.05, 4.69) is 0 Å². The lowest BCUT2D eigenvalue weighted by Crippen LogP contribution is -2.48. The van der Waals surface area contributed by atoms with E-state index in [1.807, 2.05) is 0 Å². The molecular weight excluding hydrogens is 629 g/mol. The van der Waals surface area contributed by atoms with Crippen LogP contribution in [0.3, 0.4) is 0 Å². The number of imide groups is 2. The molecule has 0 radical (unpaired) electrons. The summed E-state index contributed by atoms with van der Waals surface area (Å²) >= 11 is 0. The third-order valence-electron chi connectivity index (χ3n) is 10.4. The van der Waals surface area contributed by atoms with Gasteiger partial charge in [0, 0.05) is 26.9 Å². The van der Waals surface area contributed by atoms with Crippen LogP contribution in [0.5, 0.6) is 0 Å². The van der Waals surface area contributed by atoms with E-state index in [1.165, 1.54) is 62.6 Å². The Hall–Kier alpha value is -3.90. The molecule has 0 spiro atoms. The highest BCUT2D eigenvalue weighted by Gasteiger charge is 2.59. The van der Waals surface area contributed by atoms with Gasteiger partial charge in [-0.2, -0.15) is 0 Å². The van der Waals surface area contributed by atoms with Gasteiger partial charge in [-0.05, 0) is 56.9 Å². The summed E-state index contributed by atoms with van der Waals surface area (Å²) in [6.07, 6.45) is 1.37. The molecule has 0 aromatic heterocycles. The lowest BCUT2D eigenvalue weighted by Gasteiger charge is -2.38. The lowest BCUT2D eigenvalue weighted by molar-refractivity contribution is -0.139. The van der Waals surface area contributed by atoms with Gasteiger partial charge in [-0.25, -0.2) is 16.8 Å². The van der Waals surface area contributed by atoms with Gasteiger partial charge in [-0.3, -0.25) is 29.0 Å². The van der Waals surface area contributed by atoms with Gasteiger partial charge in [-0.15, -0.1) is 0 Å². The zero-order valence-corrected chi connectivity index (χ0v) is 27.5.